The van der Waals surface area contributed by atoms with Gasteiger partial charge in [0, 0.05) is 13.7 Å². The molecule has 0 unspecified atom stereocenters. The van der Waals surface area contributed by atoms with Crippen molar-refractivity contribution in [1.29, 1.82) is 0 Å². The summed E-state index contributed by atoms with van der Waals surface area (Å²) in [6, 6.07) is 0. The van der Waals surface area contributed by atoms with Crippen molar-refractivity contribution in [2.45, 2.75) is 20.1 Å². The van der Waals surface area contributed by atoms with E-state index in [1.807, 2.05) is 18.5 Å². The summed E-state index contributed by atoms with van der Waals surface area (Å²) in [6.45, 7) is 3.54. The van der Waals surface area contributed by atoms with Gasteiger partial charge in [-0.2, -0.15) is 0 Å². The predicted molar refractivity (Wildman–Crippen MR) is 44.2 cm³/mol. The first-order valence-electron chi connectivity index (χ1n) is 3.94. The van der Waals surface area contributed by atoms with Crippen LogP contribution in [0.15, 0.2) is 0 Å². The van der Waals surface area contributed by atoms with Gasteiger partial charge in [0.05, 0.1) is 6.54 Å². The fourth-order valence-electron chi connectivity index (χ4n) is 0.895. The van der Waals surface area contributed by atoms with Crippen molar-refractivity contribution < 1.29 is 4.74 Å². The Balaban J connectivity index is 2.66. The van der Waals surface area contributed by atoms with Crippen LogP contribution >= 0.6 is 0 Å². The van der Waals surface area contributed by atoms with Gasteiger partial charge in [-0.25, -0.2) is 0 Å². The highest BCUT2D eigenvalue weighted by Gasteiger charge is 2.05. The smallest absolute Gasteiger partial charge is 0.158 e. The van der Waals surface area contributed by atoms with Gasteiger partial charge in [0.1, 0.15) is 12.4 Å². The summed E-state index contributed by atoms with van der Waals surface area (Å²) in [7, 11) is 1.89. The van der Waals surface area contributed by atoms with Crippen LogP contribution < -0.4 is 5.73 Å². The van der Waals surface area contributed by atoms with Gasteiger partial charge in [-0.05, 0) is 6.92 Å². The lowest BCUT2D eigenvalue weighted by Gasteiger charge is -2.01. The molecule has 0 aliphatic carbocycles. The van der Waals surface area contributed by atoms with Gasteiger partial charge < -0.3 is 15.0 Å². The van der Waals surface area contributed by atoms with Crippen LogP contribution in [0, 0.1) is 0 Å². The average Bonchev–Trinajstić information content (AvgIpc) is 2.43. The fourth-order valence-corrected chi connectivity index (χ4v) is 0.895. The molecule has 0 fully saturated rings. The molecule has 68 valence electrons. The lowest BCUT2D eigenvalue weighted by molar-refractivity contribution is 0.126. The average molecular weight is 170 g/mol. The van der Waals surface area contributed by atoms with Crippen LogP contribution in [0.25, 0.3) is 0 Å². The molecule has 2 N–H and O–H groups in total. The largest absolute Gasteiger partial charge is 0.374 e. The Morgan fingerprint density at radius 3 is 2.58 bits per heavy atom. The maximum absolute atomic E-state index is 5.43. The summed E-state index contributed by atoms with van der Waals surface area (Å²) < 4.78 is 7.05. The van der Waals surface area contributed by atoms with Crippen LogP contribution in [-0.2, 0) is 24.9 Å². The summed E-state index contributed by atoms with van der Waals surface area (Å²) >= 11 is 0. The third-order valence-corrected chi connectivity index (χ3v) is 1.67. The van der Waals surface area contributed by atoms with Gasteiger partial charge in [0.25, 0.3) is 0 Å². The minimum atomic E-state index is 0.412. The Hall–Kier alpha value is -0.940. The van der Waals surface area contributed by atoms with E-state index in [1.54, 1.807) is 0 Å². The molecule has 1 heterocycles. The van der Waals surface area contributed by atoms with Crippen LogP contribution in [-0.4, -0.2) is 21.4 Å². The van der Waals surface area contributed by atoms with E-state index in [1.165, 1.54) is 0 Å². The molecule has 0 saturated carbocycles. The number of nitrogens with zero attached hydrogens (tertiary/aromatic N) is 3. The van der Waals surface area contributed by atoms with Crippen molar-refractivity contribution in [3.05, 3.63) is 11.6 Å². The van der Waals surface area contributed by atoms with Gasteiger partial charge in [0.15, 0.2) is 5.82 Å². The number of aromatic nitrogens is 3. The van der Waals surface area contributed by atoms with Gasteiger partial charge in [-0.1, -0.05) is 0 Å². The molecule has 12 heavy (non-hydrogen) atoms. The SMILES string of the molecule is CCOCc1nnc(CN)n1C. The Labute approximate surface area is 71.5 Å². The maximum atomic E-state index is 5.43. The van der Waals surface area contributed by atoms with Crippen molar-refractivity contribution in [3.8, 4) is 0 Å². The van der Waals surface area contributed by atoms with E-state index in [9.17, 15) is 0 Å². The highest BCUT2D eigenvalue weighted by Crippen LogP contribution is 1.99. The Bertz CT molecular complexity index is 246. The summed E-state index contributed by atoms with van der Waals surface area (Å²) in [4.78, 5) is 0. The third kappa shape index (κ3) is 1.80. The summed E-state index contributed by atoms with van der Waals surface area (Å²) in [5, 5.41) is 7.83. The van der Waals surface area contributed by atoms with Crippen LogP contribution in [0.3, 0.4) is 0 Å². The van der Waals surface area contributed by atoms with E-state index < -0.39 is 0 Å². The van der Waals surface area contributed by atoms with Crippen LogP contribution in [0.2, 0.25) is 0 Å². The first-order chi connectivity index (χ1) is 5.79. The van der Waals surface area contributed by atoms with Crippen molar-refractivity contribution in [2.24, 2.45) is 12.8 Å². The predicted octanol–water partition coefficient (Wildman–Crippen LogP) is -0.190. The molecule has 0 bridgehead atoms. The van der Waals surface area contributed by atoms with E-state index in [0.717, 1.165) is 11.6 Å². The Morgan fingerprint density at radius 1 is 1.42 bits per heavy atom. The van der Waals surface area contributed by atoms with Crippen molar-refractivity contribution in [3.63, 3.8) is 0 Å². The quantitative estimate of drug-likeness (QED) is 0.680. The molecule has 0 aromatic carbocycles. The molecule has 0 aliphatic rings. The molecule has 0 amide bonds. The second-order valence-electron chi connectivity index (χ2n) is 2.43. The lowest BCUT2D eigenvalue weighted by Crippen LogP contribution is -2.07. The molecule has 0 aliphatic heterocycles. The monoisotopic (exact) mass is 170 g/mol. The van der Waals surface area contributed by atoms with Crippen molar-refractivity contribution in [1.82, 2.24) is 14.8 Å². The van der Waals surface area contributed by atoms with E-state index >= 15 is 0 Å². The van der Waals surface area contributed by atoms with Crippen LogP contribution in [0.1, 0.15) is 18.6 Å². The molecule has 1 aromatic heterocycles. The van der Waals surface area contributed by atoms with Gasteiger partial charge in [-0.15, -0.1) is 10.2 Å². The van der Waals surface area contributed by atoms with Crippen molar-refractivity contribution in [2.75, 3.05) is 6.61 Å². The zero-order chi connectivity index (χ0) is 8.97. The minimum absolute atomic E-state index is 0.412. The van der Waals surface area contributed by atoms with E-state index in [2.05, 4.69) is 10.2 Å². The third-order valence-electron chi connectivity index (χ3n) is 1.67. The zero-order valence-corrected chi connectivity index (χ0v) is 7.45. The van der Waals surface area contributed by atoms with E-state index in [4.69, 9.17) is 10.5 Å². The molecule has 0 saturated heterocycles. The topological polar surface area (TPSA) is 66.0 Å². The number of hydrogen-bond acceptors (Lipinski definition) is 4. The normalized spacial score (nSPS) is 10.6. The van der Waals surface area contributed by atoms with E-state index in [-0.39, 0.29) is 0 Å². The summed E-state index contributed by atoms with van der Waals surface area (Å²) in [5.74, 6) is 1.60. The number of hydrogen-bond donors (Lipinski definition) is 1. The molecule has 0 atom stereocenters. The molecule has 0 spiro atoms. The fraction of sp³-hybridized carbons (Fsp3) is 0.714. The van der Waals surface area contributed by atoms with Gasteiger partial charge in [0.2, 0.25) is 0 Å². The second kappa shape index (κ2) is 4.18. The molecule has 1 rings (SSSR count). The Kier molecular flexibility index (Phi) is 3.19. The highest BCUT2D eigenvalue weighted by atomic mass is 16.5. The summed E-state index contributed by atoms with van der Waals surface area (Å²) in [6.07, 6.45) is 0. The molecule has 1 aromatic rings. The summed E-state index contributed by atoms with van der Waals surface area (Å²) in [5.41, 5.74) is 5.43. The lowest BCUT2D eigenvalue weighted by atomic mass is 10.5. The van der Waals surface area contributed by atoms with Gasteiger partial charge in [-0.3, -0.25) is 0 Å². The second-order valence-corrected chi connectivity index (χ2v) is 2.43. The first kappa shape index (κ1) is 9.15. The molecule has 5 nitrogen and oxygen atoms in total. The zero-order valence-electron chi connectivity index (χ0n) is 7.45. The molecular weight excluding hydrogens is 156 g/mol. The number of ether oxygens (including phenoxy) is 1. The Morgan fingerprint density at radius 2 is 2.08 bits per heavy atom. The van der Waals surface area contributed by atoms with E-state index in [0.29, 0.717) is 19.8 Å². The van der Waals surface area contributed by atoms with Crippen LogP contribution in [0.5, 0.6) is 0 Å². The molecular formula is C7H14N4O. The first-order valence-corrected chi connectivity index (χ1v) is 3.94. The standard InChI is InChI=1S/C7H14N4O/c1-3-12-5-7-10-9-6(4-8)11(7)2/h3-5,8H2,1-2H3. The maximum Gasteiger partial charge on any atom is 0.158 e. The van der Waals surface area contributed by atoms with Crippen molar-refractivity contribution >= 4 is 0 Å². The number of rotatable bonds is 4. The molecule has 5 heteroatoms. The highest BCUT2D eigenvalue weighted by molar-refractivity contribution is 4.92. The number of nitrogens with two attached hydrogens (primary N) is 1. The minimum Gasteiger partial charge on any atom is -0.374 e. The molecule has 0 radical (unpaired) electrons. The van der Waals surface area contributed by atoms with Gasteiger partial charge >= 0.3 is 0 Å². The van der Waals surface area contributed by atoms with Crippen LogP contribution in [0.4, 0.5) is 0 Å².